The summed E-state index contributed by atoms with van der Waals surface area (Å²) in [5, 5.41) is 3.56. The van der Waals surface area contributed by atoms with Crippen molar-refractivity contribution in [3.63, 3.8) is 0 Å². The molecule has 2 unspecified atom stereocenters. The molecule has 20 heavy (non-hydrogen) atoms. The van der Waals surface area contributed by atoms with Crippen LogP contribution in [0.4, 0.5) is 0 Å². The fraction of sp³-hybridized carbons (Fsp3) is 0.706. The minimum absolute atomic E-state index is 0.359. The van der Waals surface area contributed by atoms with Crippen LogP contribution in [0.3, 0.4) is 0 Å². The summed E-state index contributed by atoms with van der Waals surface area (Å²) in [5.74, 6) is 2.52. The first-order valence-electron chi connectivity index (χ1n) is 8.03. The lowest BCUT2D eigenvalue weighted by Gasteiger charge is -2.32. The first kappa shape index (κ1) is 13.9. The maximum atomic E-state index is 6.28. The van der Waals surface area contributed by atoms with E-state index in [9.17, 15) is 0 Å². The number of pyridine rings is 1. The molecule has 0 radical (unpaired) electrons. The van der Waals surface area contributed by atoms with Gasteiger partial charge >= 0.3 is 0 Å². The van der Waals surface area contributed by atoms with Crippen LogP contribution >= 0.6 is 0 Å². The van der Waals surface area contributed by atoms with Crippen LogP contribution in [0.1, 0.15) is 51.5 Å². The van der Waals surface area contributed by atoms with E-state index in [1.165, 1.54) is 37.7 Å². The smallest absolute Gasteiger partial charge is 0.142 e. The van der Waals surface area contributed by atoms with Crippen molar-refractivity contribution >= 4 is 0 Å². The number of nitrogens with one attached hydrogen (secondary N) is 1. The van der Waals surface area contributed by atoms with E-state index in [0.717, 1.165) is 30.2 Å². The molecule has 0 aliphatic heterocycles. The van der Waals surface area contributed by atoms with E-state index in [-0.39, 0.29) is 0 Å². The van der Waals surface area contributed by atoms with Gasteiger partial charge in [0.25, 0.3) is 0 Å². The summed E-state index contributed by atoms with van der Waals surface area (Å²) < 4.78 is 6.28. The lowest BCUT2D eigenvalue weighted by atomic mass is 9.82. The molecule has 2 aliphatic carbocycles. The zero-order chi connectivity index (χ0) is 13.9. The van der Waals surface area contributed by atoms with E-state index < -0.39 is 0 Å². The number of ether oxygens (including phenoxy) is 1. The largest absolute Gasteiger partial charge is 0.488 e. The normalized spacial score (nSPS) is 30.2. The third kappa shape index (κ3) is 3.72. The number of aromatic nitrogens is 1. The molecule has 0 aromatic carbocycles. The average molecular weight is 274 g/mol. The van der Waals surface area contributed by atoms with Gasteiger partial charge in [-0.2, -0.15) is 0 Å². The number of hydrogen-bond donors (Lipinski definition) is 1. The number of hydrogen-bond acceptors (Lipinski definition) is 3. The van der Waals surface area contributed by atoms with Gasteiger partial charge in [-0.05, 0) is 50.0 Å². The molecule has 110 valence electrons. The van der Waals surface area contributed by atoms with Gasteiger partial charge in [-0.1, -0.05) is 13.8 Å². The summed E-state index contributed by atoms with van der Waals surface area (Å²) in [4.78, 5) is 4.24. The van der Waals surface area contributed by atoms with Gasteiger partial charge in [0.2, 0.25) is 0 Å². The van der Waals surface area contributed by atoms with Crippen molar-refractivity contribution < 1.29 is 4.74 Å². The monoisotopic (exact) mass is 274 g/mol. The number of nitrogens with zero attached hydrogens (tertiary/aromatic N) is 1. The Morgan fingerprint density at radius 2 is 1.95 bits per heavy atom. The molecule has 1 heterocycles. The second-order valence-corrected chi connectivity index (χ2v) is 6.80. The Bertz CT molecular complexity index is 434. The van der Waals surface area contributed by atoms with E-state index in [0.29, 0.717) is 6.10 Å². The summed E-state index contributed by atoms with van der Waals surface area (Å²) >= 11 is 0. The Kier molecular flexibility index (Phi) is 4.25. The third-order valence-electron chi connectivity index (χ3n) is 4.46. The second kappa shape index (κ2) is 6.13. The second-order valence-electron chi connectivity index (χ2n) is 6.80. The Morgan fingerprint density at radius 3 is 2.65 bits per heavy atom. The van der Waals surface area contributed by atoms with Crippen LogP contribution < -0.4 is 10.1 Å². The predicted octanol–water partition coefficient (Wildman–Crippen LogP) is 3.54. The highest BCUT2D eigenvalue weighted by Crippen LogP contribution is 2.32. The van der Waals surface area contributed by atoms with Crippen LogP contribution in [0.2, 0.25) is 0 Å². The lowest BCUT2D eigenvalue weighted by molar-refractivity contribution is 0.0996. The van der Waals surface area contributed by atoms with Gasteiger partial charge in [0.1, 0.15) is 5.75 Å². The van der Waals surface area contributed by atoms with E-state index in [2.05, 4.69) is 30.2 Å². The van der Waals surface area contributed by atoms with Gasteiger partial charge in [0.05, 0.1) is 12.3 Å². The molecular weight excluding hydrogens is 248 g/mol. The zero-order valence-corrected chi connectivity index (χ0v) is 12.6. The molecule has 2 fully saturated rings. The molecule has 0 spiro atoms. The van der Waals surface area contributed by atoms with E-state index in [4.69, 9.17) is 4.74 Å². The van der Waals surface area contributed by atoms with Crippen LogP contribution in [-0.2, 0) is 6.54 Å². The van der Waals surface area contributed by atoms with Crippen LogP contribution in [0.25, 0.3) is 0 Å². The third-order valence-corrected chi connectivity index (χ3v) is 4.46. The molecule has 1 aromatic rings. The van der Waals surface area contributed by atoms with Crippen LogP contribution in [0.15, 0.2) is 18.5 Å². The van der Waals surface area contributed by atoms with Gasteiger partial charge in [-0.3, -0.25) is 4.98 Å². The molecule has 2 aliphatic rings. The fourth-order valence-corrected chi connectivity index (χ4v) is 3.35. The summed E-state index contributed by atoms with van der Waals surface area (Å²) in [5.41, 5.74) is 1.25. The Labute approximate surface area is 122 Å². The Balaban J connectivity index is 1.63. The van der Waals surface area contributed by atoms with Crippen molar-refractivity contribution in [2.24, 2.45) is 11.8 Å². The first-order valence-corrected chi connectivity index (χ1v) is 8.03. The van der Waals surface area contributed by atoms with Crippen molar-refractivity contribution in [1.29, 1.82) is 0 Å². The summed E-state index contributed by atoms with van der Waals surface area (Å²) in [6.07, 6.45) is 10.4. The molecule has 1 aromatic heterocycles. The van der Waals surface area contributed by atoms with Crippen LogP contribution in [0.5, 0.6) is 5.75 Å². The molecule has 3 rings (SSSR count). The molecule has 3 heteroatoms. The van der Waals surface area contributed by atoms with Crippen molar-refractivity contribution in [3.8, 4) is 5.75 Å². The highest BCUT2D eigenvalue weighted by atomic mass is 16.5. The molecule has 2 atom stereocenters. The number of rotatable bonds is 5. The maximum Gasteiger partial charge on any atom is 0.142 e. The molecule has 0 saturated heterocycles. The van der Waals surface area contributed by atoms with Crippen LogP contribution in [-0.4, -0.2) is 17.1 Å². The van der Waals surface area contributed by atoms with E-state index >= 15 is 0 Å². The highest BCUT2D eigenvalue weighted by Gasteiger charge is 2.26. The molecule has 1 N–H and O–H groups in total. The SMILES string of the molecule is CC1CC(C)CC(Oc2cnccc2CNC2CC2)C1. The van der Waals surface area contributed by atoms with Crippen molar-refractivity contribution in [2.75, 3.05) is 0 Å². The quantitative estimate of drug-likeness (QED) is 0.892. The van der Waals surface area contributed by atoms with E-state index in [1.807, 2.05) is 12.4 Å². The summed E-state index contributed by atoms with van der Waals surface area (Å²) in [6, 6.07) is 2.81. The van der Waals surface area contributed by atoms with Crippen molar-refractivity contribution in [2.45, 2.75) is 64.6 Å². The van der Waals surface area contributed by atoms with Gasteiger partial charge in [-0.25, -0.2) is 0 Å². The summed E-state index contributed by atoms with van der Waals surface area (Å²) in [7, 11) is 0. The molecule has 2 saturated carbocycles. The van der Waals surface area contributed by atoms with Gasteiger partial charge in [-0.15, -0.1) is 0 Å². The highest BCUT2D eigenvalue weighted by molar-refractivity contribution is 5.30. The van der Waals surface area contributed by atoms with Crippen molar-refractivity contribution in [3.05, 3.63) is 24.0 Å². The summed E-state index contributed by atoms with van der Waals surface area (Å²) in [6.45, 7) is 5.58. The molecule has 3 nitrogen and oxygen atoms in total. The van der Waals surface area contributed by atoms with Gasteiger partial charge < -0.3 is 10.1 Å². The zero-order valence-electron chi connectivity index (χ0n) is 12.6. The van der Waals surface area contributed by atoms with Crippen LogP contribution in [0, 0.1) is 11.8 Å². The molecule has 0 amide bonds. The first-order chi connectivity index (χ1) is 9.70. The Hall–Kier alpha value is -1.09. The minimum Gasteiger partial charge on any atom is -0.488 e. The van der Waals surface area contributed by atoms with Crippen molar-refractivity contribution in [1.82, 2.24) is 10.3 Å². The standard InChI is InChI=1S/C17H26N2O/c1-12-7-13(2)9-16(8-12)20-17-11-18-6-5-14(17)10-19-15-3-4-15/h5-6,11-13,15-16,19H,3-4,7-10H2,1-2H3. The predicted molar refractivity (Wildman–Crippen MR) is 80.7 cm³/mol. The van der Waals surface area contributed by atoms with Gasteiger partial charge in [0, 0.05) is 24.3 Å². The Morgan fingerprint density at radius 1 is 1.20 bits per heavy atom. The fourth-order valence-electron chi connectivity index (χ4n) is 3.35. The average Bonchev–Trinajstić information content (AvgIpc) is 3.20. The molecule has 0 bridgehead atoms. The van der Waals surface area contributed by atoms with E-state index in [1.54, 1.807) is 0 Å². The minimum atomic E-state index is 0.359. The molecular formula is C17H26N2O. The van der Waals surface area contributed by atoms with Gasteiger partial charge in [0.15, 0.2) is 0 Å². The lowest BCUT2D eigenvalue weighted by Crippen LogP contribution is -2.29. The topological polar surface area (TPSA) is 34.1 Å². The maximum absolute atomic E-state index is 6.28.